The average Bonchev–Trinajstić information content (AvgIpc) is 2.30. The summed E-state index contributed by atoms with van der Waals surface area (Å²) in [6.45, 7) is 10.9. The van der Waals surface area contributed by atoms with E-state index in [2.05, 4.69) is 25.7 Å². The molecule has 1 fully saturated rings. The Balaban J connectivity index is 2.51. The first-order valence-electron chi connectivity index (χ1n) is 4.71. The van der Waals surface area contributed by atoms with Gasteiger partial charge in [0.1, 0.15) is 0 Å². The molecule has 1 aliphatic rings. The summed E-state index contributed by atoms with van der Waals surface area (Å²) in [4.78, 5) is 2.18. The Hall–Kier alpha value is -0.530. The normalized spacial score (nSPS) is 24.7. The Kier molecular flexibility index (Phi) is 2.45. The largest absolute Gasteiger partial charge is 0.360 e. The van der Waals surface area contributed by atoms with Crippen molar-refractivity contribution in [1.82, 2.24) is 4.90 Å². The van der Waals surface area contributed by atoms with Crippen LogP contribution in [0.3, 0.4) is 0 Å². The van der Waals surface area contributed by atoms with Crippen molar-refractivity contribution in [3.63, 3.8) is 0 Å². The minimum Gasteiger partial charge on any atom is -0.360 e. The molecule has 0 bridgehead atoms. The van der Waals surface area contributed by atoms with E-state index in [-0.39, 0.29) is 0 Å². The fourth-order valence-electron chi connectivity index (χ4n) is 1.77. The van der Waals surface area contributed by atoms with E-state index in [1.807, 2.05) is 6.92 Å². The molecule has 1 atom stereocenters. The Bertz CT molecular complexity index is 179. The summed E-state index contributed by atoms with van der Waals surface area (Å²) in [7, 11) is 0. The van der Waals surface area contributed by atoms with Gasteiger partial charge in [-0.3, -0.25) is 5.41 Å². The monoisotopic (exact) mass is 168 g/mol. The predicted molar refractivity (Wildman–Crippen MR) is 52.5 cm³/mol. The van der Waals surface area contributed by atoms with E-state index in [4.69, 9.17) is 5.41 Å². The van der Waals surface area contributed by atoms with Crippen LogP contribution in [0.5, 0.6) is 0 Å². The Morgan fingerprint density at radius 3 is 2.25 bits per heavy atom. The SMILES string of the molecule is CC(=N)N1CCC(C(C)(C)C)C1. The average molecular weight is 168 g/mol. The van der Waals surface area contributed by atoms with Crippen LogP contribution in [0.15, 0.2) is 0 Å². The van der Waals surface area contributed by atoms with E-state index < -0.39 is 0 Å². The molecule has 0 aromatic rings. The number of likely N-dealkylation sites (tertiary alicyclic amines) is 1. The van der Waals surface area contributed by atoms with Gasteiger partial charge in [-0.15, -0.1) is 0 Å². The number of amidine groups is 1. The molecule has 2 heteroatoms. The van der Waals surface area contributed by atoms with Crippen LogP contribution in [0.25, 0.3) is 0 Å². The van der Waals surface area contributed by atoms with Gasteiger partial charge in [-0.05, 0) is 24.7 Å². The van der Waals surface area contributed by atoms with Gasteiger partial charge < -0.3 is 4.90 Å². The molecule has 1 aliphatic heterocycles. The maximum Gasteiger partial charge on any atom is 0.0925 e. The molecule has 1 unspecified atom stereocenters. The lowest BCUT2D eigenvalue weighted by molar-refractivity contribution is 0.250. The zero-order chi connectivity index (χ0) is 9.35. The van der Waals surface area contributed by atoms with E-state index in [0.29, 0.717) is 5.41 Å². The number of hydrogen-bond acceptors (Lipinski definition) is 1. The predicted octanol–water partition coefficient (Wildman–Crippen LogP) is 2.35. The van der Waals surface area contributed by atoms with Gasteiger partial charge >= 0.3 is 0 Å². The minimum atomic E-state index is 0.407. The van der Waals surface area contributed by atoms with Crippen LogP contribution in [-0.2, 0) is 0 Å². The van der Waals surface area contributed by atoms with Crippen LogP contribution >= 0.6 is 0 Å². The first-order valence-corrected chi connectivity index (χ1v) is 4.71. The molecule has 1 N–H and O–H groups in total. The molecule has 1 rings (SSSR count). The van der Waals surface area contributed by atoms with E-state index in [1.54, 1.807) is 0 Å². The van der Waals surface area contributed by atoms with E-state index in [9.17, 15) is 0 Å². The Morgan fingerprint density at radius 1 is 1.42 bits per heavy atom. The smallest absolute Gasteiger partial charge is 0.0925 e. The Labute approximate surface area is 75.5 Å². The summed E-state index contributed by atoms with van der Waals surface area (Å²) in [6.07, 6.45) is 1.25. The zero-order valence-corrected chi connectivity index (χ0v) is 8.65. The number of rotatable bonds is 0. The highest BCUT2D eigenvalue weighted by Gasteiger charge is 2.31. The molecule has 0 aromatic carbocycles. The summed E-state index contributed by atoms with van der Waals surface area (Å²) >= 11 is 0. The summed E-state index contributed by atoms with van der Waals surface area (Å²) in [5.74, 6) is 1.49. The highest BCUT2D eigenvalue weighted by molar-refractivity contribution is 5.76. The van der Waals surface area contributed by atoms with Crippen molar-refractivity contribution in [1.29, 1.82) is 5.41 Å². The van der Waals surface area contributed by atoms with E-state index >= 15 is 0 Å². The van der Waals surface area contributed by atoms with Crippen molar-refractivity contribution in [2.75, 3.05) is 13.1 Å². The van der Waals surface area contributed by atoms with Crippen molar-refractivity contribution in [3.05, 3.63) is 0 Å². The van der Waals surface area contributed by atoms with Gasteiger partial charge in [0.2, 0.25) is 0 Å². The van der Waals surface area contributed by atoms with Crippen LogP contribution in [0.4, 0.5) is 0 Å². The standard InChI is InChI=1S/C10H20N2/c1-8(11)12-6-5-9(7-12)10(2,3)4/h9,11H,5-7H2,1-4H3. The Morgan fingerprint density at radius 2 is 2.00 bits per heavy atom. The first-order chi connectivity index (χ1) is 5.41. The third-order valence-electron chi connectivity index (χ3n) is 2.89. The molecule has 0 saturated carbocycles. The van der Waals surface area contributed by atoms with Crippen molar-refractivity contribution in [3.8, 4) is 0 Å². The maximum absolute atomic E-state index is 7.51. The second-order valence-corrected chi connectivity index (χ2v) is 4.88. The van der Waals surface area contributed by atoms with Crippen molar-refractivity contribution < 1.29 is 0 Å². The lowest BCUT2D eigenvalue weighted by Crippen LogP contribution is -2.28. The van der Waals surface area contributed by atoms with Crippen LogP contribution in [0.2, 0.25) is 0 Å². The van der Waals surface area contributed by atoms with Crippen molar-refractivity contribution in [2.24, 2.45) is 11.3 Å². The number of hydrogen-bond donors (Lipinski definition) is 1. The summed E-state index contributed by atoms with van der Waals surface area (Å²) in [5.41, 5.74) is 0.407. The van der Waals surface area contributed by atoms with Gasteiger partial charge in [-0.25, -0.2) is 0 Å². The lowest BCUT2D eigenvalue weighted by atomic mass is 9.80. The summed E-state index contributed by atoms with van der Waals surface area (Å²) < 4.78 is 0. The zero-order valence-electron chi connectivity index (χ0n) is 8.65. The summed E-state index contributed by atoms with van der Waals surface area (Å²) in [6, 6.07) is 0. The quantitative estimate of drug-likeness (QED) is 0.436. The number of nitrogens with zero attached hydrogens (tertiary/aromatic N) is 1. The van der Waals surface area contributed by atoms with Crippen LogP contribution < -0.4 is 0 Å². The maximum atomic E-state index is 7.51. The molecule has 2 nitrogen and oxygen atoms in total. The molecule has 1 heterocycles. The molecule has 0 spiro atoms. The molecule has 0 radical (unpaired) electrons. The topological polar surface area (TPSA) is 27.1 Å². The molecular weight excluding hydrogens is 148 g/mol. The van der Waals surface area contributed by atoms with Gasteiger partial charge in [0, 0.05) is 13.1 Å². The van der Waals surface area contributed by atoms with Gasteiger partial charge in [0.15, 0.2) is 0 Å². The van der Waals surface area contributed by atoms with E-state index in [1.165, 1.54) is 6.42 Å². The van der Waals surface area contributed by atoms with Crippen LogP contribution in [0.1, 0.15) is 34.1 Å². The highest BCUT2D eigenvalue weighted by Crippen LogP contribution is 2.33. The summed E-state index contributed by atoms with van der Waals surface area (Å²) in [5, 5.41) is 7.51. The highest BCUT2D eigenvalue weighted by atomic mass is 15.2. The molecule has 1 saturated heterocycles. The molecular formula is C10H20N2. The van der Waals surface area contributed by atoms with Crippen molar-refractivity contribution in [2.45, 2.75) is 34.1 Å². The molecule has 0 aromatic heterocycles. The van der Waals surface area contributed by atoms with Crippen LogP contribution in [0, 0.1) is 16.7 Å². The third kappa shape index (κ3) is 1.99. The second kappa shape index (κ2) is 3.08. The minimum absolute atomic E-state index is 0.407. The fourth-order valence-corrected chi connectivity index (χ4v) is 1.77. The van der Waals surface area contributed by atoms with Gasteiger partial charge in [-0.2, -0.15) is 0 Å². The van der Waals surface area contributed by atoms with Gasteiger partial charge in [0.25, 0.3) is 0 Å². The van der Waals surface area contributed by atoms with Crippen molar-refractivity contribution >= 4 is 5.84 Å². The first kappa shape index (κ1) is 9.56. The fraction of sp³-hybridized carbons (Fsp3) is 0.900. The number of nitrogens with one attached hydrogen (secondary N) is 1. The third-order valence-corrected chi connectivity index (χ3v) is 2.89. The van der Waals surface area contributed by atoms with Gasteiger partial charge in [0.05, 0.1) is 5.84 Å². The molecule has 12 heavy (non-hydrogen) atoms. The van der Waals surface area contributed by atoms with E-state index in [0.717, 1.165) is 24.8 Å². The molecule has 0 amide bonds. The molecule has 70 valence electrons. The second-order valence-electron chi connectivity index (χ2n) is 4.88. The van der Waals surface area contributed by atoms with Gasteiger partial charge in [-0.1, -0.05) is 20.8 Å². The molecule has 0 aliphatic carbocycles. The van der Waals surface area contributed by atoms with Crippen LogP contribution in [-0.4, -0.2) is 23.8 Å². The lowest BCUT2D eigenvalue weighted by Gasteiger charge is -2.27.